The molecule has 1 aromatic rings. The second-order valence-electron chi connectivity index (χ2n) is 2.24. The van der Waals surface area contributed by atoms with E-state index in [1.54, 1.807) is 12.3 Å². The average Bonchev–Trinajstić information content (AvgIpc) is 2.52. The van der Waals surface area contributed by atoms with Crippen molar-refractivity contribution in [2.75, 3.05) is 6.61 Å². The molecule has 0 spiro atoms. The molecule has 0 aliphatic heterocycles. The van der Waals surface area contributed by atoms with Gasteiger partial charge in [-0.05, 0) is 18.5 Å². The zero-order valence-corrected chi connectivity index (χ0v) is 7.85. The Balaban J connectivity index is 2.50. The van der Waals surface area contributed by atoms with Crippen molar-refractivity contribution in [3.8, 4) is 12.3 Å². The largest absolute Gasteiger partial charge is 0.277 e. The lowest BCUT2D eigenvalue weighted by Gasteiger charge is -2.00. The summed E-state index contributed by atoms with van der Waals surface area (Å²) in [6, 6.07) is 0. The lowest BCUT2D eigenvalue weighted by atomic mass is 10.3. The third-order valence-electron chi connectivity index (χ3n) is 1.31. The summed E-state index contributed by atoms with van der Waals surface area (Å²) in [6.07, 6.45) is 4.93. The summed E-state index contributed by atoms with van der Waals surface area (Å²) < 4.78 is 3.95. The Labute approximate surface area is 80.0 Å². The number of carbonyl (C=O) groups is 1. The summed E-state index contributed by atoms with van der Waals surface area (Å²) in [6.45, 7) is 1.81. The number of hydroxylamine groups is 1. The van der Waals surface area contributed by atoms with Crippen molar-refractivity contribution in [3.05, 3.63) is 16.6 Å². The maximum absolute atomic E-state index is 11.3. The van der Waals surface area contributed by atoms with Gasteiger partial charge in [0.15, 0.2) is 0 Å². The number of nitrogens with zero attached hydrogens (tertiary/aromatic N) is 1. The SMILES string of the molecule is C#CCONC(=O)c1csnc1C. The van der Waals surface area contributed by atoms with Gasteiger partial charge in [0.25, 0.3) is 5.91 Å². The van der Waals surface area contributed by atoms with Gasteiger partial charge in [0.2, 0.25) is 0 Å². The second-order valence-corrected chi connectivity index (χ2v) is 2.87. The summed E-state index contributed by atoms with van der Waals surface area (Å²) in [5, 5.41) is 1.66. The molecule has 1 N–H and O–H groups in total. The molecule has 4 nitrogen and oxygen atoms in total. The Kier molecular flexibility index (Phi) is 3.43. The first-order valence-corrected chi connectivity index (χ1v) is 4.36. The normalized spacial score (nSPS) is 9.23. The van der Waals surface area contributed by atoms with Crippen molar-refractivity contribution in [1.29, 1.82) is 0 Å². The molecule has 5 heteroatoms. The number of amides is 1. The van der Waals surface area contributed by atoms with Gasteiger partial charge in [-0.25, -0.2) is 5.48 Å². The zero-order chi connectivity index (χ0) is 9.68. The Morgan fingerprint density at radius 1 is 1.92 bits per heavy atom. The number of nitrogens with one attached hydrogen (secondary N) is 1. The molecule has 0 unspecified atom stereocenters. The Morgan fingerprint density at radius 2 is 2.69 bits per heavy atom. The standard InChI is InChI=1S/C8H8N2O2S/c1-3-4-12-9-8(11)7-5-13-10-6(7)2/h1,5H,4H2,2H3,(H,9,11). The van der Waals surface area contributed by atoms with Gasteiger partial charge in [-0.2, -0.15) is 4.37 Å². The first-order valence-electron chi connectivity index (χ1n) is 3.52. The molecule has 1 rings (SSSR count). The fourth-order valence-corrected chi connectivity index (χ4v) is 1.40. The van der Waals surface area contributed by atoms with Gasteiger partial charge in [-0.15, -0.1) is 6.42 Å². The van der Waals surface area contributed by atoms with Crippen LogP contribution in [0.1, 0.15) is 16.1 Å². The van der Waals surface area contributed by atoms with Crippen LogP contribution >= 0.6 is 11.5 Å². The first kappa shape index (κ1) is 9.71. The number of hydrogen-bond donors (Lipinski definition) is 1. The Hall–Kier alpha value is -1.38. The fraction of sp³-hybridized carbons (Fsp3) is 0.250. The molecule has 0 saturated carbocycles. The second kappa shape index (κ2) is 4.60. The fourth-order valence-electron chi connectivity index (χ4n) is 0.709. The highest BCUT2D eigenvalue weighted by molar-refractivity contribution is 7.03. The van der Waals surface area contributed by atoms with Crippen molar-refractivity contribution in [3.63, 3.8) is 0 Å². The van der Waals surface area contributed by atoms with Gasteiger partial charge >= 0.3 is 0 Å². The van der Waals surface area contributed by atoms with Crippen LogP contribution in [0.3, 0.4) is 0 Å². The van der Waals surface area contributed by atoms with E-state index in [0.29, 0.717) is 11.3 Å². The molecule has 13 heavy (non-hydrogen) atoms. The van der Waals surface area contributed by atoms with Gasteiger partial charge in [0.05, 0.1) is 11.3 Å². The molecule has 0 atom stereocenters. The first-order chi connectivity index (χ1) is 6.25. The van der Waals surface area contributed by atoms with Gasteiger partial charge in [-0.1, -0.05) is 5.92 Å². The highest BCUT2D eigenvalue weighted by atomic mass is 32.1. The monoisotopic (exact) mass is 196 g/mol. The number of hydrogen-bond acceptors (Lipinski definition) is 4. The summed E-state index contributed by atoms with van der Waals surface area (Å²) in [7, 11) is 0. The Morgan fingerprint density at radius 3 is 3.23 bits per heavy atom. The molecule has 1 amide bonds. The minimum atomic E-state index is -0.318. The van der Waals surface area contributed by atoms with Crippen LogP contribution in [0.25, 0.3) is 0 Å². The summed E-state index contributed by atoms with van der Waals surface area (Å²) >= 11 is 1.23. The molecular formula is C8H8N2O2S. The molecule has 0 fully saturated rings. The van der Waals surface area contributed by atoms with Crippen LogP contribution in [0, 0.1) is 19.3 Å². The van der Waals surface area contributed by atoms with Crippen molar-refractivity contribution in [2.24, 2.45) is 0 Å². The van der Waals surface area contributed by atoms with Crippen LogP contribution in [-0.2, 0) is 4.84 Å². The lowest BCUT2D eigenvalue weighted by molar-refractivity contribution is 0.0438. The van der Waals surface area contributed by atoms with Crippen LogP contribution in [0.5, 0.6) is 0 Å². The van der Waals surface area contributed by atoms with Crippen molar-refractivity contribution >= 4 is 17.4 Å². The summed E-state index contributed by atoms with van der Waals surface area (Å²) in [5.41, 5.74) is 3.41. The summed E-state index contributed by atoms with van der Waals surface area (Å²) in [5.74, 6) is 1.91. The lowest BCUT2D eigenvalue weighted by Crippen LogP contribution is -2.24. The van der Waals surface area contributed by atoms with E-state index < -0.39 is 0 Å². The van der Waals surface area contributed by atoms with Gasteiger partial charge in [0, 0.05) is 5.38 Å². The molecule has 0 radical (unpaired) electrons. The van der Waals surface area contributed by atoms with Crippen molar-refractivity contribution in [1.82, 2.24) is 9.85 Å². The van der Waals surface area contributed by atoms with Crippen LogP contribution in [0.15, 0.2) is 5.38 Å². The molecule has 1 heterocycles. The van der Waals surface area contributed by atoms with E-state index in [-0.39, 0.29) is 12.5 Å². The third-order valence-corrected chi connectivity index (χ3v) is 2.04. The summed E-state index contributed by atoms with van der Waals surface area (Å²) in [4.78, 5) is 15.9. The van der Waals surface area contributed by atoms with Gasteiger partial charge in [0.1, 0.15) is 6.61 Å². The molecule has 0 bridgehead atoms. The highest BCUT2D eigenvalue weighted by Crippen LogP contribution is 2.08. The highest BCUT2D eigenvalue weighted by Gasteiger charge is 2.10. The number of terminal acetylenes is 1. The molecule has 0 aliphatic carbocycles. The van der Waals surface area contributed by atoms with Crippen LogP contribution in [0.4, 0.5) is 0 Å². The molecule has 0 aromatic carbocycles. The van der Waals surface area contributed by atoms with Crippen molar-refractivity contribution < 1.29 is 9.63 Å². The smallest absolute Gasteiger partial charge is 0.267 e. The van der Waals surface area contributed by atoms with E-state index in [2.05, 4.69) is 20.6 Å². The average molecular weight is 196 g/mol. The maximum Gasteiger partial charge on any atom is 0.277 e. The van der Waals surface area contributed by atoms with E-state index in [1.165, 1.54) is 11.5 Å². The maximum atomic E-state index is 11.3. The number of rotatable bonds is 3. The quantitative estimate of drug-likeness (QED) is 0.441. The predicted molar refractivity (Wildman–Crippen MR) is 49.1 cm³/mol. The minimum Gasteiger partial charge on any atom is -0.267 e. The molecule has 68 valence electrons. The molecular weight excluding hydrogens is 188 g/mol. The van der Waals surface area contributed by atoms with E-state index >= 15 is 0 Å². The van der Waals surface area contributed by atoms with Gasteiger partial charge in [-0.3, -0.25) is 9.63 Å². The number of aromatic nitrogens is 1. The van der Waals surface area contributed by atoms with E-state index in [1.807, 2.05) is 0 Å². The topological polar surface area (TPSA) is 51.2 Å². The number of aryl methyl sites for hydroxylation is 1. The van der Waals surface area contributed by atoms with Crippen LogP contribution < -0.4 is 5.48 Å². The zero-order valence-electron chi connectivity index (χ0n) is 7.03. The van der Waals surface area contributed by atoms with Crippen LogP contribution in [0.2, 0.25) is 0 Å². The Bertz CT molecular complexity index is 340. The van der Waals surface area contributed by atoms with Crippen molar-refractivity contribution in [2.45, 2.75) is 6.92 Å². The van der Waals surface area contributed by atoms with E-state index in [9.17, 15) is 4.79 Å². The van der Waals surface area contributed by atoms with Crippen LogP contribution in [-0.4, -0.2) is 16.9 Å². The minimum absolute atomic E-state index is 0.0579. The van der Waals surface area contributed by atoms with Gasteiger partial charge < -0.3 is 0 Å². The van der Waals surface area contributed by atoms with E-state index in [4.69, 9.17) is 6.42 Å². The molecule has 0 saturated heterocycles. The molecule has 1 aromatic heterocycles. The third kappa shape index (κ3) is 2.54. The predicted octanol–water partition coefficient (Wildman–Crippen LogP) is 0.746. The number of carbonyl (C=O) groups excluding carboxylic acids is 1. The van der Waals surface area contributed by atoms with E-state index in [0.717, 1.165) is 0 Å². The molecule has 0 aliphatic rings.